The molecule has 0 saturated carbocycles. The van der Waals surface area contributed by atoms with Gasteiger partial charge in [0.1, 0.15) is 11.9 Å². The number of rotatable bonds is 10. The molecule has 31 heavy (non-hydrogen) atoms. The van der Waals surface area contributed by atoms with Crippen molar-refractivity contribution in [2.45, 2.75) is 31.0 Å². The molecule has 3 rings (SSSR count). The highest BCUT2D eigenvalue weighted by Crippen LogP contribution is 2.18. The van der Waals surface area contributed by atoms with E-state index in [1.807, 2.05) is 31.3 Å². The van der Waals surface area contributed by atoms with Crippen LogP contribution in [0.25, 0.3) is 0 Å². The summed E-state index contributed by atoms with van der Waals surface area (Å²) in [4.78, 5) is 1.78. The molecule has 1 unspecified atom stereocenters. The number of nitrogens with zero attached hydrogens (tertiary/aromatic N) is 1. The zero-order valence-electron chi connectivity index (χ0n) is 17.2. The van der Waals surface area contributed by atoms with Crippen molar-refractivity contribution < 1.29 is 26.4 Å². The van der Waals surface area contributed by atoms with Gasteiger partial charge in [0.25, 0.3) is 0 Å². The predicted octanol–water partition coefficient (Wildman–Crippen LogP) is 3.94. The van der Waals surface area contributed by atoms with Gasteiger partial charge in [-0.25, -0.2) is 21.9 Å². The summed E-state index contributed by atoms with van der Waals surface area (Å²) in [6.07, 6.45) is 2.86. The Morgan fingerprint density at radius 2 is 1.84 bits per heavy atom. The van der Waals surface area contributed by atoms with Crippen molar-refractivity contribution in [1.82, 2.24) is 9.62 Å². The van der Waals surface area contributed by atoms with E-state index in [1.165, 1.54) is 0 Å². The zero-order valence-corrected chi connectivity index (χ0v) is 18.0. The molecule has 0 saturated heterocycles. The fourth-order valence-corrected chi connectivity index (χ4v) is 4.13. The third kappa shape index (κ3) is 6.61. The fourth-order valence-electron chi connectivity index (χ4n) is 3.01. The first-order valence-electron chi connectivity index (χ1n) is 9.63. The maximum Gasteiger partial charge on any atom is 0.240 e. The maximum absolute atomic E-state index is 13.3. The fraction of sp³-hybridized carbons (Fsp3) is 0.273. The van der Waals surface area contributed by atoms with Crippen LogP contribution in [-0.2, 0) is 23.1 Å². The number of hydrogen-bond donors (Lipinski definition) is 1. The highest BCUT2D eigenvalue weighted by atomic mass is 32.2. The molecule has 0 aliphatic heterocycles. The molecule has 0 spiro atoms. The third-order valence-corrected chi connectivity index (χ3v) is 5.90. The van der Waals surface area contributed by atoms with Crippen molar-refractivity contribution in [3.63, 3.8) is 0 Å². The molecule has 166 valence electrons. The standard InChI is InChI=1S/C22H24F2N2O4S/c1-16(12-25-31(27,28)20-6-7-21(23)22(24)11-20)30-19-5-3-4-17(10-19)13-26(2)14-18-8-9-29-15-18/h3-11,15-16,25H,12-14H2,1-2H3. The normalized spacial score (nSPS) is 12.8. The number of ether oxygens (including phenoxy) is 1. The average molecular weight is 451 g/mol. The van der Waals surface area contributed by atoms with Crippen molar-refractivity contribution in [3.8, 4) is 5.75 Å². The summed E-state index contributed by atoms with van der Waals surface area (Å²) < 4.78 is 64.2. The van der Waals surface area contributed by atoms with E-state index in [0.29, 0.717) is 18.4 Å². The Hall–Kier alpha value is -2.75. The van der Waals surface area contributed by atoms with Crippen LogP contribution in [0, 0.1) is 11.6 Å². The number of furan rings is 1. The minimum atomic E-state index is -3.99. The molecule has 1 heterocycles. The van der Waals surface area contributed by atoms with Crippen molar-refractivity contribution in [2.75, 3.05) is 13.6 Å². The predicted molar refractivity (Wildman–Crippen MR) is 112 cm³/mol. The molecule has 6 nitrogen and oxygen atoms in total. The monoisotopic (exact) mass is 450 g/mol. The highest BCUT2D eigenvalue weighted by Gasteiger charge is 2.18. The Morgan fingerprint density at radius 1 is 1.06 bits per heavy atom. The molecule has 1 N–H and O–H groups in total. The quantitative estimate of drug-likeness (QED) is 0.507. The number of hydrogen-bond acceptors (Lipinski definition) is 5. The number of nitrogens with one attached hydrogen (secondary N) is 1. The molecule has 0 amide bonds. The first-order chi connectivity index (χ1) is 14.7. The van der Waals surface area contributed by atoms with E-state index < -0.39 is 27.8 Å². The first-order valence-corrected chi connectivity index (χ1v) is 11.1. The van der Waals surface area contributed by atoms with Crippen LogP contribution in [-0.4, -0.2) is 33.0 Å². The Morgan fingerprint density at radius 3 is 2.55 bits per heavy atom. The lowest BCUT2D eigenvalue weighted by Crippen LogP contribution is -2.33. The molecule has 1 aromatic heterocycles. The minimum Gasteiger partial charge on any atom is -0.489 e. The van der Waals surface area contributed by atoms with Gasteiger partial charge in [-0.05, 0) is 55.9 Å². The molecular formula is C22H24F2N2O4S. The number of halogens is 2. The van der Waals surface area contributed by atoms with E-state index in [9.17, 15) is 17.2 Å². The van der Waals surface area contributed by atoms with Gasteiger partial charge in [0, 0.05) is 25.2 Å². The molecule has 0 bridgehead atoms. The molecule has 0 radical (unpaired) electrons. The second kappa shape index (κ2) is 10.0. The molecule has 0 fully saturated rings. The van der Waals surface area contributed by atoms with Gasteiger partial charge < -0.3 is 9.15 Å². The molecule has 2 aromatic carbocycles. The van der Waals surface area contributed by atoms with Crippen LogP contribution >= 0.6 is 0 Å². The molecule has 0 aliphatic rings. The smallest absolute Gasteiger partial charge is 0.240 e. The average Bonchev–Trinajstić information content (AvgIpc) is 3.21. The summed E-state index contributed by atoms with van der Waals surface area (Å²) in [6, 6.07) is 11.9. The minimum absolute atomic E-state index is 0.0358. The van der Waals surface area contributed by atoms with Crippen LogP contribution in [0.15, 0.2) is 70.4 Å². The zero-order chi connectivity index (χ0) is 22.4. The van der Waals surface area contributed by atoms with Crippen molar-refractivity contribution in [1.29, 1.82) is 0 Å². The number of sulfonamides is 1. The molecular weight excluding hydrogens is 426 g/mol. The van der Waals surface area contributed by atoms with E-state index in [0.717, 1.165) is 29.8 Å². The van der Waals surface area contributed by atoms with Crippen LogP contribution in [0.4, 0.5) is 8.78 Å². The van der Waals surface area contributed by atoms with E-state index >= 15 is 0 Å². The van der Waals surface area contributed by atoms with Crippen molar-refractivity contribution in [3.05, 3.63) is 83.8 Å². The Bertz CT molecular complexity index is 1100. The maximum atomic E-state index is 13.3. The topological polar surface area (TPSA) is 71.8 Å². The highest BCUT2D eigenvalue weighted by molar-refractivity contribution is 7.89. The molecule has 1 atom stereocenters. The van der Waals surface area contributed by atoms with Gasteiger partial charge in [0.05, 0.1) is 17.4 Å². The van der Waals surface area contributed by atoms with Gasteiger partial charge in [-0.15, -0.1) is 0 Å². The van der Waals surface area contributed by atoms with Crippen LogP contribution < -0.4 is 9.46 Å². The number of benzene rings is 2. The van der Waals surface area contributed by atoms with Crippen molar-refractivity contribution in [2.24, 2.45) is 0 Å². The van der Waals surface area contributed by atoms with E-state index in [2.05, 4.69) is 9.62 Å². The Balaban J connectivity index is 1.54. The lowest BCUT2D eigenvalue weighted by atomic mass is 10.2. The second-order valence-electron chi connectivity index (χ2n) is 7.31. The van der Waals surface area contributed by atoms with Gasteiger partial charge in [-0.2, -0.15) is 0 Å². The SMILES string of the molecule is CC(CNS(=O)(=O)c1ccc(F)c(F)c1)Oc1cccc(CN(C)Cc2ccoc2)c1. The molecule has 3 aromatic rings. The van der Waals surface area contributed by atoms with Crippen LogP contribution in [0.3, 0.4) is 0 Å². The van der Waals surface area contributed by atoms with E-state index in [-0.39, 0.29) is 11.4 Å². The largest absolute Gasteiger partial charge is 0.489 e. The van der Waals surface area contributed by atoms with Crippen molar-refractivity contribution >= 4 is 10.0 Å². The van der Waals surface area contributed by atoms with Gasteiger partial charge in [0.15, 0.2) is 11.6 Å². The van der Waals surface area contributed by atoms with E-state index in [4.69, 9.17) is 9.15 Å². The second-order valence-corrected chi connectivity index (χ2v) is 9.07. The van der Waals surface area contributed by atoms with Crippen LogP contribution in [0.5, 0.6) is 5.75 Å². The lowest BCUT2D eigenvalue weighted by molar-refractivity contribution is 0.224. The van der Waals surface area contributed by atoms with E-state index in [1.54, 1.807) is 25.5 Å². The van der Waals surface area contributed by atoms with Crippen LogP contribution in [0.2, 0.25) is 0 Å². The Labute approximate surface area is 180 Å². The van der Waals surface area contributed by atoms with Gasteiger partial charge >= 0.3 is 0 Å². The van der Waals surface area contributed by atoms with Gasteiger partial charge in [-0.3, -0.25) is 4.90 Å². The lowest BCUT2D eigenvalue weighted by Gasteiger charge is -2.18. The summed E-state index contributed by atoms with van der Waals surface area (Å²) in [5.41, 5.74) is 2.12. The van der Waals surface area contributed by atoms with Gasteiger partial charge in [0.2, 0.25) is 10.0 Å². The summed E-state index contributed by atoms with van der Waals surface area (Å²) in [5.74, 6) is -1.72. The molecule has 0 aliphatic carbocycles. The summed E-state index contributed by atoms with van der Waals surface area (Å²) in [5, 5.41) is 0. The summed E-state index contributed by atoms with van der Waals surface area (Å²) in [7, 11) is -1.99. The van der Waals surface area contributed by atoms with Gasteiger partial charge in [-0.1, -0.05) is 12.1 Å². The third-order valence-electron chi connectivity index (χ3n) is 4.48. The Kier molecular flexibility index (Phi) is 7.42. The first kappa shape index (κ1) is 22.9. The summed E-state index contributed by atoms with van der Waals surface area (Å²) in [6.45, 7) is 3.11. The van der Waals surface area contributed by atoms with Crippen LogP contribution in [0.1, 0.15) is 18.1 Å². The summed E-state index contributed by atoms with van der Waals surface area (Å²) >= 11 is 0. The molecule has 9 heteroatoms.